The molecular formula is C21H29NO7. The van der Waals surface area contributed by atoms with Crippen LogP contribution in [0.4, 0.5) is 0 Å². The molecule has 4 rings (SSSR count). The highest BCUT2D eigenvalue weighted by Crippen LogP contribution is 2.42. The van der Waals surface area contributed by atoms with E-state index >= 15 is 0 Å². The van der Waals surface area contributed by atoms with E-state index < -0.39 is 36.1 Å². The summed E-state index contributed by atoms with van der Waals surface area (Å²) in [4.78, 5) is 0. The Morgan fingerprint density at radius 2 is 1.76 bits per heavy atom. The topological polar surface area (TPSA) is 81.5 Å². The Morgan fingerprint density at radius 1 is 1.03 bits per heavy atom. The molecule has 0 spiro atoms. The maximum absolute atomic E-state index is 12.7. The van der Waals surface area contributed by atoms with Gasteiger partial charge in [-0.05, 0) is 33.3 Å². The van der Waals surface area contributed by atoms with E-state index in [1.54, 1.807) is 0 Å². The van der Waals surface area contributed by atoms with Crippen LogP contribution in [0.3, 0.4) is 0 Å². The number of fused-ring (bicyclic) bond motifs is 1. The van der Waals surface area contributed by atoms with Crippen LogP contribution in [0.1, 0.15) is 33.3 Å². The van der Waals surface area contributed by atoms with Crippen LogP contribution in [0.15, 0.2) is 30.3 Å². The second-order valence-electron chi connectivity index (χ2n) is 8.47. The number of benzene rings is 1. The molecule has 0 amide bonds. The molecule has 160 valence electrons. The Hall–Kier alpha value is -1.55. The predicted molar refractivity (Wildman–Crippen MR) is 103 cm³/mol. The van der Waals surface area contributed by atoms with Crippen LogP contribution in [0.5, 0.6) is 0 Å². The van der Waals surface area contributed by atoms with E-state index in [4.69, 9.17) is 28.4 Å². The Kier molecular flexibility index (Phi) is 5.67. The molecule has 0 aliphatic carbocycles. The summed E-state index contributed by atoms with van der Waals surface area (Å²) in [7, 11) is 0. The van der Waals surface area contributed by atoms with Gasteiger partial charge in [0.05, 0.1) is 13.2 Å². The van der Waals surface area contributed by atoms with Gasteiger partial charge in [0.1, 0.15) is 24.9 Å². The molecule has 3 saturated heterocycles. The van der Waals surface area contributed by atoms with E-state index in [0.717, 1.165) is 10.3 Å². The zero-order valence-electron chi connectivity index (χ0n) is 17.3. The molecule has 0 radical (unpaired) electrons. The lowest BCUT2D eigenvalue weighted by Crippen LogP contribution is -2.40. The number of hydrogen-bond acceptors (Lipinski definition) is 7. The molecule has 0 saturated carbocycles. The highest BCUT2D eigenvalue weighted by atomic mass is 16.8. The van der Waals surface area contributed by atoms with E-state index in [-0.39, 0.29) is 12.7 Å². The van der Waals surface area contributed by atoms with E-state index in [1.165, 1.54) is 6.21 Å². The summed E-state index contributed by atoms with van der Waals surface area (Å²) in [6.45, 7) is 8.34. The van der Waals surface area contributed by atoms with Crippen molar-refractivity contribution in [1.82, 2.24) is 0 Å². The zero-order valence-corrected chi connectivity index (χ0v) is 17.3. The molecule has 3 aliphatic heterocycles. The van der Waals surface area contributed by atoms with Crippen molar-refractivity contribution in [3.05, 3.63) is 41.1 Å². The summed E-state index contributed by atoms with van der Waals surface area (Å²) in [6.07, 6.45) is -1.12. The van der Waals surface area contributed by atoms with Gasteiger partial charge < -0.3 is 33.6 Å². The first-order chi connectivity index (χ1) is 13.7. The third-order valence-electron chi connectivity index (χ3n) is 5.20. The first-order valence-electron chi connectivity index (χ1n) is 9.97. The molecule has 3 heterocycles. The average Bonchev–Trinajstić information content (AvgIpc) is 3.29. The molecule has 0 N–H and O–H groups in total. The Balaban J connectivity index is 1.40. The van der Waals surface area contributed by atoms with Gasteiger partial charge in [0.2, 0.25) is 0 Å². The fourth-order valence-electron chi connectivity index (χ4n) is 3.97. The molecule has 0 aromatic heterocycles. The molecule has 0 bridgehead atoms. The van der Waals surface area contributed by atoms with Gasteiger partial charge in [0.15, 0.2) is 23.9 Å². The summed E-state index contributed by atoms with van der Waals surface area (Å²) in [5.41, 5.74) is 1.05. The van der Waals surface area contributed by atoms with Crippen LogP contribution in [-0.4, -0.2) is 66.4 Å². The third kappa shape index (κ3) is 4.63. The van der Waals surface area contributed by atoms with Gasteiger partial charge >= 0.3 is 0 Å². The third-order valence-corrected chi connectivity index (χ3v) is 5.20. The molecule has 8 nitrogen and oxygen atoms in total. The molecule has 3 fully saturated rings. The second kappa shape index (κ2) is 7.94. The minimum absolute atomic E-state index is 0.167. The van der Waals surface area contributed by atoms with Crippen molar-refractivity contribution in [2.45, 2.75) is 76.5 Å². The van der Waals surface area contributed by atoms with Gasteiger partial charge in [-0.1, -0.05) is 30.3 Å². The number of hydroxylamine groups is 1. The van der Waals surface area contributed by atoms with Crippen LogP contribution in [0, 0.1) is 5.21 Å². The zero-order chi connectivity index (χ0) is 20.6. The lowest BCUT2D eigenvalue weighted by Gasteiger charge is -2.26. The number of rotatable bonds is 6. The quantitative estimate of drug-likeness (QED) is 0.235. The van der Waals surface area contributed by atoms with Gasteiger partial charge in [-0.25, -0.2) is 0 Å². The summed E-state index contributed by atoms with van der Waals surface area (Å²) < 4.78 is 36.0. The molecule has 29 heavy (non-hydrogen) atoms. The lowest BCUT2D eigenvalue weighted by atomic mass is 10.1. The van der Waals surface area contributed by atoms with Gasteiger partial charge in [0, 0.05) is 0 Å². The van der Waals surface area contributed by atoms with E-state index in [1.807, 2.05) is 58.0 Å². The maximum atomic E-state index is 12.7. The Morgan fingerprint density at radius 3 is 2.45 bits per heavy atom. The minimum Gasteiger partial charge on any atom is -0.622 e. The van der Waals surface area contributed by atoms with E-state index in [2.05, 4.69) is 0 Å². The maximum Gasteiger partial charge on any atom is 0.297 e. The van der Waals surface area contributed by atoms with E-state index in [9.17, 15) is 5.21 Å². The average molecular weight is 407 g/mol. The first-order valence-corrected chi connectivity index (χ1v) is 9.97. The Labute approximate surface area is 170 Å². The highest BCUT2D eigenvalue weighted by molar-refractivity contribution is 5.52. The normalized spacial score (nSPS) is 35.7. The second-order valence-corrected chi connectivity index (χ2v) is 8.47. The van der Waals surface area contributed by atoms with Gasteiger partial charge in [-0.2, -0.15) is 4.74 Å². The summed E-state index contributed by atoms with van der Waals surface area (Å²) >= 11 is 0. The van der Waals surface area contributed by atoms with Crippen molar-refractivity contribution in [3.8, 4) is 0 Å². The van der Waals surface area contributed by atoms with Crippen molar-refractivity contribution >= 4 is 6.21 Å². The molecule has 1 aromatic rings. The summed E-state index contributed by atoms with van der Waals surface area (Å²) in [5, 5.41) is 12.7. The van der Waals surface area contributed by atoms with Crippen LogP contribution in [0.2, 0.25) is 0 Å². The van der Waals surface area contributed by atoms with Crippen LogP contribution >= 0.6 is 0 Å². The van der Waals surface area contributed by atoms with Gasteiger partial charge in [0.25, 0.3) is 6.23 Å². The lowest BCUT2D eigenvalue weighted by molar-refractivity contribution is -0.563. The predicted octanol–water partition coefficient (Wildman–Crippen LogP) is 2.18. The molecule has 1 aromatic carbocycles. The highest BCUT2D eigenvalue weighted by Gasteiger charge is 2.62. The number of nitrogens with zero attached hydrogens (tertiary/aromatic N) is 1. The Bertz CT molecular complexity index is 736. The van der Waals surface area contributed by atoms with Gasteiger partial charge in [-0.15, -0.1) is 0 Å². The largest absolute Gasteiger partial charge is 0.622 e. The van der Waals surface area contributed by atoms with E-state index in [0.29, 0.717) is 13.2 Å². The molecule has 5 atom stereocenters. The van der Waals surface area contributed by atoms with Crippen molar-refractivity contribution in [3.63, 3.8) is 0 Å². The van der Waals surface area contributed by atoms with Crippen LogP contribution in [0.25, 0.3) is 0 Å². The van der Waals surface area contributed by atoms with Crippen molar-refractivity contribution in [2.24, 2.45) is 0 Å². The van der Waals surface area contributed by atoms with Crippen molar-refractivity contribution < 1.29 is 33.2 Å². The first kappa shape index (κ1) is 20.7. The number of hydrogen-bond donors (Lipinski definition) is 0. The molecule has 3 aliphatic rings. The van der Waals surface area contributed by atoms with Crippen molar-refractivity contribution in [1.29, 1.82) is 0 Å². The van der Waals surface area contributed by atoms with Crippen LogP contribution < -0.4 is 0 Å². The van der Waals surface area contributed by atoms with Crippen molar-refractivity contribution in [2.75, 3.05) is 13.2 Å². The molecule has 8 heteroatoms. The van der Waals surface area contributed by atoms with Gasteiger partial charge in [-0.3, -0.25) is 0 Å². The minimum atomic E-state index is -0.834. The fraction of sp³-hybridized carbons (Fsp3) is 0.667. The number of ether oxygens (including phenoxy) is 6. The molecular weight excluding hydrogens is 378 g/mol. The monoisotopic (exact) mass is 407 g/mol. The molecule has 1 unspecified atom stereocenters. The smallest absolute Gasteiger partial charge is 0.297 e. The summed E-state index contributed by atoms with van der Waals surface area (Å²) in [5.74, 6) is -1.49. The fourth-order valence-corrected chi connectivity index (χ4v) is 3.97. The van der Waals surface area contributed by atoms with Crippen LogP contribution in [-0.2, 0) is 35.0 Å². The summed E-state index contributed by atoms with van der Waals surface area (Å²) in [6, 6.07) is 9.79. The standard InChI is InChI=1S/C21H29NO7/c1-20(2)25-13-15(27-20)16-17-18(29-21(3,4)28-17)19(26-16)22(23)10-11-24-12-14-8-6-5-7-9-14/h5-10,15-19H,11-13H2,1-4H3/b22-10-/t15-,16-,17+,18+,19?/m1/s1. The SMILES string of the molecule is CC1(C)O[C@H]2[C@@H]([C@H]3COC(C)(C)O3)OC(/[N+]([O-])=C/COCc3ccccc3)[C@H]2O1.